The third kappa shape index (κ3) is 3.95. The van der Waals surface area contributed by atoms with Crippen molar-refractivity contribution in [2.45, 2.75) is 19.9 Å². The predicted octanol–water partition coefficient (Wildman–Crippen LogP) is 3.43. The molecular formula is C15H15BrN2O3. The van der Waals surface area contributed by atoms with Crippen molar-refractivity contribution in [1.82, 2.24) is 5.32 Å². The Kier molecular flexibility index (Phi) is 4.80. The molecule has 0 aliphatic rings. The molecule has 0 atom stereocenters. The summed E-state index contributed by atoms with van der Waals surface area (Å²) < 4.78 is 5.40. The molecule has 6 heteroatoms. The van der Waals surface area contributed by atoms with Gasteiger partial charge in [0.05, 0.1) is 11.8 Å². The normalized spacial score (nSPS) is 10.5. The Labute approximate surface area is 130 Å². The minimum absolute atomic E-state index is 0.0790. The summed E-state index contributed by atoms with van der Waals surface area (Å²) in [6.45, 7) is 3.80. The van der Waals surface area contributed by atoms with E-state index >= 15 is 0 Å². The van der Waals surface area contributed by atoms with Gasteiger partial charge in [0.1, 0.15) is 0 Å². The smallest absolute Gasteiger partial charge is 0.260 e. The molecule has 21 heavy (non-hydrogen) atoms. The number of carbonyl (C=O) groups excluding carboxylic acids is 2. The number of hydrogen-bond acceptors (Lipinski definition) is 3. The maximum atomic E-state index is 12.0. The van der Waals surface area contributed by atoms with E-state index in [1.165, 1.54) is 6.26 Å². The number of benzene rings is 1. The first-order valence-corrected chi connectivity index (χ1v) is 7.22. The molecule has 0 radical (unpaired) electrons. The molecule has 2 rings (SSSR count). The SMILES string of the molecule is CC(C)NC(=O)c1ccc(NC(=O)c2ccoc2Br)cc1. The Morgan fingerprint density at radius 2 is 1.76 bits per heavy atom. The van der Waals surface area contributed by atoms with Crippen molar-refractivity contribution in [2.75, 3.05) is 5.32 Å². The van der Waals surface area contributed by atoms with E-state index in [0.717, 1.165) is 0 Å². The minimum atomic E-state index is -0.282. The lowest BCUT2D eigenvalue weighted by molar-refractivity contribution is 0.0942. The third-order valence-electron chi connectivity index (χ3n) is 2.69. The van der Waals surface area contributed by atoms with Crippen LogP contribution in [-0.2, 0) is 0 Å². The lowest BCUT2D eigenvalue weighted by Gasteiger charge is -2.09. The highest BCUT2D eigenvalue weighted by atomic mass is 79.9. The molecule has 1 aromatic heterocycles. The number of furan rings is 1. The lowest BCUT2D eigenvalue weighted by Crippen LogP contribution is -2.30. The van der Waals surface area contributed by atoms with E-state index in [-0.39, 0.29) is 17.9 Å². The molecule has 0 spiro atoms. The summed E-state index contributed by atoms with van der Waals surface area (Å²) in [7, 11) is 0. The average Bonchev–Trinajstić information content (AvgIpc) is 2.85. The Balaban J connectivity index is 2.04. The van der Waals surface area contributed by atoms with Gasteiger partial charge in [-0.2, -0.15) is 0 Å². The Hall–Kier alpha value is -2.08. The second-order valence-electron chi connectivity index (χ2n) is 4.77. The van der Waals surface area contributed by atoms with Crippen LogP contribution >= 0.6 is 15.9 Å². The fraction of sp³-hybridized carbons (Fsp3) is 0.200. The van der Waals surface area contributed by atoms with Gasteiger partial charge in [-0.1, -0.05) is 0 Å². The predicted molar refractivity (Wildman–Crippen MR) is 83.4 cm³/mol. The molecule has 1 aromatic carbocycles. The quantitative estimate of drug-likeness (QED) is 0.887. The van der Waals surface area contributed by atoms with Crippen LogP contribution in [0.25, 0.3) is 0 Å². The first-order valence-electron chi connectivity index (χ1n) is 6.42. The van der Waals surface area contributed by atoms with Crippen molar-refractivity contribution in [3.8, 4) is 0 Å². The van der Waals surface area contributed by atoms with Crippen LogP contribution in [0, 0.1) is 0 Å². The zero-order valence-electron chi connectivity index (χ0n) is 11.6. The molecule has 0 aliphatic carbocycles. The van der Waals surface area contributed by atoms with Crippen LogP contribution in [0.1, 0.15) is 34.6 Å². The molecule has 2 amide bonds. The summed E-state index contributed by atoms with van der Waals surface area (Å²) in [6.07, 6.45) is 1.43. The number of anilines is 1. The molecule has 0 bridgehead atoms. The first kappa shape index (κ1) is 15.3. The Bertz CT molecular complexity index is 647. The van der Waals surface area contributed by atoms with Crippen LogP contribution in [0.3, 0.4) is 0 Å². The molecule has 0 unspecified atom stereocenters. The molecule has 0 saturated heterocycles. The van der Waals surface area contributed by atoms with E-state index in [9.17, 15) is 9.59 Å². The van der Waals surface area contributed by atoms with Gasteiger partial charge in [0.2, 0.25) is 0 Å². The van der Waals surface area contributed by atoms with Gasteiger partial charge in [0.15, 0.2) is 4.67 Å². The fourth-order valence-corrected chi connectivity index (χ4v) is 2.12. The van der Waals surface area contributed by atoms with E-state index in [2.05, 4.69) is 26.6 Å². The number of rotatable bonds is 4. The molecule has 1 heterocycles. The van der Waals surface area contributed by atoms with Gasteiger partial charge in [-0.05, 0) is 60.1 Å². The van der Waals surface area contributed by atoms with Crippen LogP contribution < -0.4 is 10.6 Å². The summed E-state index contributed by atoms with van der Waals surface area (Å²) in [6, 6.07) is 8.34. The van der Waals surface area contributed by atoms with E-state index in [1.807, 2.05) is 13.8 Å². The number of carbonyl (C=O) groups is 2. The summed E-state index contributed by atoms with van der Waals surface area (Å²) >= 11 is 3.15. The van der Waals surface area contributed by atoms with Crippen LogP contribution in [0.4, 0.5) is 5.69 Å². The number of nitrogens with one attached hydrogen (secondary N) is 2. The summed E-state index contributed by atoms with van der Waals surface area (Å²) in [5.41, 5.74) is 1.57. The zero-order valence-corrected chi connectivity index (χ0v) is 13.2. The van der Waals surface area contributed by atoms with Crippen molar-refractivity contribution in [3.05, 3.63) is 52.4 Å². The summed E-state index contributed by atoms with van der Waals surface area (Å²) in [5, 5.41) is 5.54. The monoisotopic (exact) mass is 350 g/mol. The third-order valence-corrected chi connectivity index (χ3v) is 3.30. The van der Waals surface area contributed by atoms with Gasteiger partial charge in [0, 0.05) is 17.3 Å². The highest BCUT2D eigenvalue weighted by Gasteiger charge is 2.13. The van der Waals surface area contributed by atoms with E-state index in [4.69, 9.17) is 4.42 Å². The lowest BCUT2D eigenvalue weighted by atomic mass is 10.2. The van der Waals surface area contributed by atoms with Crippen molar-refractivity contribution >= 4 is 33.4 Å². The molecule has 110 valence electrons. The number of hydrogen-bond donors (Lipinski definition) is 2. The maximum absolute atomic E-state index is 12.0. The molecule has 5 nitrogen and oxygen atoms in total. The summed E-state index contributed by atoms with van der Waals surface area (Å²) in [5.74, 6) is -0.421. The van der Waals surface area contributed by atoms with Gasteiger partial charge in [-0.25, -0.2) is 0 Å². The van der Waals surface area contributed by atoms with Crippen LogP contribution in [0.2, 0.25) is 0 Å². The maximum Gasteiger partial charge on any atom is 0.260 e. The van der Waals surface area contributed by atoms with E-state index < -0.39 is 0 Å². The van der Waals surface area contributed by atoms with Gasteiger partial charge in [-0.3, -0.25) is 9.59 Å². The van der Waals surface area contributed by atoms with Gasteiger partial charge < -0.3 is 15.1 Å². The van der Waals surface area contributed by atoms with E-state index in [1.54, 1.807) is 30.3 Å². The van der Waals surface area contributed by atoms with Crippen LogP contribution in [0.5, 0.6) is 0 Å². The van der Waals surface area contributed by atoms with Gasteiger partial charge >= 0.3 is 0 Å². The van der Waals surface area contributed by atoms with E-state index in [0.29, 0.717) is 21.5 Å². The average molecular weight is 351 g/mol. The van der Waals surface area contributed by atoms with Crippen molar-refractivity contribution < 1.29 is 14.0 Å². The molecular weight excluding hydrogens is 336 g/mol. The number of halogens is 1. The second-order valence-corrected chi connectivity index (χ2v) is 5.49. The number of amides is 2. The highest BCUT2D eigenvalue weighted by Crippen LogP contribution is 2.19. The molecule has 2 aromatic rings. The molecule has 0 aliphatic heterocycles. The van der Waals surface area contributed by atoms with Crippen molar-refractivity contribution in [1.29, 1.82) is 0 Å². The Morgan fingerprint density at radius 3 is 2.29 bits per heavy atom. The summed E-state index contributed by atoms with van der Waals surface area (Å²) in [4.78, 5) is 23.8. The highest BCUT2D eigenvalue weighted by molar-refractivity contribution is 9.10. The molecule has 0 fully saturated rings. The van der Waals surface area contributed by atoms with Crippen LogP contribution in [-0.4, -0.2) is 17.9 Å². The minimum Gasteiger partial charge on any atom is -0.457 e. The van der Waals surface area contributed by atoms with Crippen molar-refractivity contribution in [3.63, 3.8) is 0 Å². The molecule has 0 saturated carbocycles. The Morgan fingerprint density at radius 1 is 1.10 bits per heavy atom. The standard InChI is InChI=1S/C15H15BrN2O3/c1-9(2)17-14(19)10-3-5-11(6-4-10)18-15(20)12-7-8-21-13(12)16/h3-9H,1-2H3,(H,17,19)(H,18,20). The zero-order chi connectivity index (χ0) is 15.4. The van der Waals surface area contributed by atoms with Crippen LogP contribution in [0.15, 0.2) is 45.7 Å². The fourth-order valence-electron chi connectivity index (χ4n) is 1.70. The first-order chi connectivity index (χ1) is 9.97. The van der Waals surface area contributed by atoms with Crippen molar-refractivity contribution in [2.24, 2.45) is 0 Å². The van der Waals surface area contributed by atoms with Gasteiger partial charge in [0.25, 0.3) is 11.8 Å². The molecule has 2 N–H and O–H groups in total. The topological polar surface area (TPSA) is 71.3 Å². The largest absolute Gasteiger partial charge is 0.457 e. The van der Waals surface area contributed by atoms with Gasteiger partial charge in [-0.15, -0.1) is 0 Å². The second kappa shape index (κ2) is 6.58.